The van der Waals surface area contributed by atoms with Gasteiger partial charge in [0, 0.05) is 13.5 Å². The molecule has 1 saturated heterocycles. The van der Waals surface area contributed by atoms with E-state index >= 15 is 0 Å². The van der Waals surface area contributed by atoms with E-state index in [4.69, 9.17) is 4.74 Å². The second-order valence-electron chi connectivity index (χ2n) is 8.33. The molecule has 1 aliphatic rings. The molecule has 0 radical (unpaired) electrons. The Morgan fingerprint density at radius 3 is 2.18 bits per heavy atom. The van der Waals surface area contributed by atoms with Crippen molar-refractivity contribution in [3.8, 4) is 5.75 Å². The van der Waals surface area contributed by atoms with Gasteiger partial charge in [0.1, 0.15) is 11.8 Å². The third-order valence-electron chi connectivity index (χ3n) is 6.00. The number of nitrogens with zero attached hydrogens (tertiary/aromatic N) is 2. The summed E-state index contributed by atoms with van der Waals surface area (Å²) in [5.74, 6) is -1.39. The lowest BCUT2D eigenvalue weighted by Crippen LogP contribution is -2.45. The first kappa shape index (κ1) is 25.3. The van der Waals surface area contributed by atoms with Crippen molar-refractivity contribution in [2.75, 3.05) is 11.4 Å². The Kier molecular flexibility index (Phi) is 7.09. The standard InChI is InChI=1S/C25H28N2O6S/c1-7-12-26(34(31,32)24-17(4)15(2)13-16(3)18(24)5)22-14-23(29)27(25(22)30)20-8-10-21(11-9-20)33-19(6)28/h7-11,13,22H,1,12,14H2,2-6H3. The van der Waals surface area contributed by atoms with Crippen molar-refractivity contribution in [1.29, 1.82) is 0 Å². The summed E-state index contributed by atoms with van der Waals surface area (Å²) in [7, 11) is -4.13. The van der Waals surface area contributed by atoms with Crippen molar-refractivity contribution in [2.45, 2.75) is 52.0 Å². The predicted molar refractivity (Wildman–Crippen MR) is 128 cm³/mol. The molecule has 2 amide bonds. The summed E-state index contributed by atoms with van der Waals surface area (Å²) < 4.78 is 33.7. The van der Waals surface area contributed by atoms with Gasteiger partial charge in [-0.1, -0.05) is 12.1 Å². The van der Waals surface area contributed by atoms with Gasteiger partial charge in [-0.3, -0.25) is 14.4 Å². The molecule has 1 atom stereocenters. The largest absolute Gasteiger partial charge is 0.427 e. The van der Waals surface area contributed by atoms with Crippen molar-refractivity contribution in [3.05, 3.63) is 65.2 Å². The summed E-state index contributed by atoms with van der Waals surface area (Å²) >= 11 is 0. The number of rotatable bonds is 7. The summed E-state index contributed by atoms with van der Waals surface area (Å²) in [6, 6.07) is 6.59. The van der Waals surface area contributed by atoms with E-state index in [0.717, 1.165) is 20.3 Å². The number of sulfonamides is 1. The average Bonchev–Trinajstić information content (AvgIpc) is 3.04. The van der Waals surface area contributed by atoms with Crippen LogP contribution in [0, 0.1) is 27.7 Å². The van der Waals surface area contributed by atoms with Crippen LogP contribution in [0.3, 0.4) is 0 Å². The van der Waals surface area contributed by atoms with Crippen molar-refractivity contribution in [3.63, 3.8) is 0 Å². The number of hydrogen-bond acceptors (Lipinski definition) is 6. The minimum Gasteiger partial charge on any atom is -0.427 e. The maximum Gasteiger partial charge on any atom is 0.308 e. The fraction of sp³-hybridized carbons (Fsp3) is 0.320. The predicted octanol–water partition coefficient (Wildman–Crippen LogP) is 3.35. The molecule has 9 heteroatoms. The fourth-order valence-corrected chi connectivity index (χ4v) is 6.28. The molecule has 0 bridgehead atoms. The normalized spacial score (nSPS) is 16.3. The fourth-order valence-electron chi connectivity index (χ4n) is 4.15. The van der Waals surface area contributed by atoms with Crippen LogP contribution in [0.15, 0.2) is 47.9 Å². The number of carbonyl (C=O) groups is 3. The zero-order valence-electron chi connectivity index (χ0n) is 19.9. The van der Waals surface area contributed by atoms with Crippen LogP contribution in [0.1, 0.15) is 35.6 Å². The first-order valence-corrected chi connectivity index (χ1v) is 12.2. The average molecular weight is 485 g/mol. The van der Waals surface area contributed by atoms with Crippen LogP contribution in [-0.2, 0) is 24.4 Å². The van der Waals surface area contributed by atoms with Crippen molar-refractivity contribution in [1.82, 2.24) is 4.31 Å². The van der Waals surface area contributed by atoms with Crippen LogP contribution in [0.25, 0.3) is 0 Å². The molecule has 2 aromatic rings. The molecule has 1 fully saturated rings. The van der Waals surface area contributed by atoms with Gasteiger partial charge in [0.2, 0.25) is 15.9 Å². The number of anilines is 1. The highest BCUT2D eigenvalue weighted by Crippen LogP contribution is 2.33. The molecule has 34 heavy (non-hydrogen) atoms. The molecule has 0 spiro atoms. The van der Waals surface area contributed by atoms with Crippen molar-refractivity contribution in [2.24, 2.45) is 0 Å². The highest BCUT2D eigenvalue weighted by Gasteiger charge is 2.47. The summed E-state index contributed by atoms with van der Waals surface area (Å²) in [5.41, 5.74) is 3.12. The number of esters is 1. The number of amides is 2. The molecular weight excluding hydrogens is 456 g/mol. The summed E-state index contributed by atoms with van der Waals surface area (Å²) in [5, 5.41) is 0. The Morgan fingerprint density at radius 2 is 1.68 bits per heavy atom. The zero-order chi connectivity index (χ0) is 25.4. The Balaban J connectivity index is 2.02. The molecule has 1 aliphatic heterocycles. The monoisotopic (exact) mass is 484 g/mol. The van der Waals surface area contributed by atoms with Crippen LogP contribution in [0.5, 0.6) is 5.75 Å². The van der Waals surface area contributed by atoms with Crippen LogP contribution in [0.2, 0.25) is 0 Å². The summed E-state index contributed by atoms with van der Waals surface area (Å²) in [6.45, 7) is 11.9. The molecule has 2 aromatic carbocycles. The second-order valence-corrected chi connectivity index (χ2v) is 10.2. The Morgan fingerprint density at radius 1 is 1.12 bits per heavy atom. The maximum atomic E-state index is 13.8. The molecule has 0 aliphatic carbocycles. The molecule has 0 N–H and O–H groups in total. The Labute approximate surface area is 199 Å². The van der Waals surface area contributed by atoms with E-state index in [1.807, 2.05) is 19.9 Å². The number of carbonyl (C=O) groups excluding carboxylic acids is 3. The van der Waals surface area contributed by atoms with Gasteiger partial charge in [-0.25, -0.2) is 13.3 Å². The maximum absolute atomic E-state index is 13.8. The van der Waals surface area contributed by atoms with Crippen LogP contribution in [-0.4, -0.2) is 43.1 Å². The molecule has 1 heterocycles. The SMILES string of the molecule is C=CCN(C1CC(=O)N(c2ccc(OC(C)=O)cc2)C1=O)S(=O)(=O)c1c(C)c(C)cc(C)c1C. The van der Waals surface area contributed by atoms with Gasteiger partial charge in [0.05, 0.1) is 17.0 Å². The van der Waals surface area contributed by atoms with Gasteiger partial charge in [-0.05, 0) is 74.2 Å². The van der Waals surface area contributed by atoms with Crippen LogP contribution in [0.4, 0.5) is 5.69 Å². The quantitative estimate of drug-likeness (QED) is 0.259. The van der Waals surface area contributed by atoms with Gasteiger partial charge in [0.15, 0.2) is 0 Å². The molecule has 3 rings (SSSR count). The van der Waals surface area contributed by atoms with E-state index in [-0.39, 0.29) is 29.3 Å². The van der Waals surface area contributed by atoms with Gasteiger partial charge in [-0.2, -0.15) is 4.31 Å². The van der Waals surface area contributed by atoms with Gasteiger partial charge in [-0.15, -0.1) is 6.58 Å². The minimum atomic E-state index is -4.13. The van der Waals surface area contributed by atoms with E-state index in [1.165, 1.54) is 37.3 Å². The van der Waals surface area contributed by atoms with Crippen molar-refractivity contribution >= 4 is 33.5 Å². The third-order valence-corrected chi connectivity index (χ3v) is 8.15. The second kappa shape index (κ2) is 9.52. The lowest BCUT2D eigenvalue weighted by atomic mass is 10.0. The molecular formula is C25H28N2O6S. The first-order chi connectivity index (χ1) is 15.9. The summed E-state index contributed by atoms with van der Waals surface area (Å²) in [6.07, 6.45) is 1.11. The number of aryl methyl sites for hydroxylation is 2. The van der Waals surface area contributed by atoms with Gasteiger partial charge >= 0.3 is 5.97 Å². The highest BCUT2D eigenvalue weighted by atomic mass is 32.2. The molecule has 0 saturated carbocycles. The summed E-state index contributed by atoms with van der Waals surface area (Å²) in [4.78, 5) is 38.4. The number of hydrogen-bond donors (Lipinski definition) is 0. The first-order valence-electron chi connectivity index (χ1n) is 10.8. The minimum absolute atomic E-state index is 0.128. The van der Waals surface area contributed by atoms with E-state index in [0.29, 0.717) is 11.1 Å². The third kappa shape index (κ3) is 4.53. The van der Waals surface area contributed by atoms with Gasteiger partial charge in [0.25, 0.3) is 5.91 Å². The van der Waals surface area contributed by atoms with E-state index in [1.54, 1.807) is 13.8 Å². The highest BCUT2D eigenvalue weighted by molar-refractivity contribution is 7.89. The van der Waals surface area contributed by atoms with E-state index in [9.17, 15) is 22.8 Å². The topological polar surface area (TPSA) is 101 Å². The number of imide groups is 1. The number of benzene rings is 2. The van der Waals surface area contributed by atoms with Gasteiger partial charge < -0.3 is 4.74 Å². The Hall–Kier alpha value is -3.30. The number of ether oxygens (including phenoxy) is 1. The van der Waals surface area contributed by atoms with E-state index < -0.39 is 33.8 Å². The lowest BCUT2D eigenvalue weighted by molar-refractivity contribution is -0.132. The molecule has 0 aromatic heterocycles. The van der Waals surface area contributed by atoms with E-state index in [2.05, 4.69) is 6.58 Å². The van der Waals surface area contributed by atoms with Crippen LogP contribution >= 0.6 is 0 Å². The van der Waals surface area contributed by atoms with Crippen molar-refractivity contribution < 1.29 is 27.5 Å². The lowest BCUT2D eigenvalue weighted by Gasteiger charge is -2.28. The molecule has 180 valence electrons. The molecule has 8 nitrogen and oxygen atoms in total. The Bertz CT molecular complexity index is 1260. The van der Waals surface area contributed by atoms with Crippen LogP contribution < -0.4 is 9.64 Å². The molecule has 1 unspecified atom stereocenters. The zero-order valence-corrected chi connectivity index (χ0v) is 20.7. The smallest absolute Gasteiger partial charge is 0.308 e.